The van der Waals surface area contributed by atoms with E-state index in [-0.39, 0.29) is 25.7 Å². The third-order valence-corrected chi connectivity index (χ3v) is 18.1. The highest BCUT2D eigenvalue weighted by Gasteiger charge is 2.30. The minimum atomic E-state index is -4.98. The number of ether oxygens (including phenoxy) is 4. The molecule has 96 heavy (non-hydrogen) atoms. The lowest BCUT2D eigenvalue weighted by molar-refractivity contribution is -0.161. The van der Waals surface area contributed by atoms with Gasteiger partial charge in [-0.15, -0.1) is 0 Å². The molecule has 0 aliphatic heterocycles. The Bertz CT molecular complexity index is 2110. The molecule has 0 radical (unpaired) electrons. The Hall–Kier alpha value is -3.50. The van der Waals surface area contributed by atoms with Crippen LogP contribution < -0.4 is 0 Å². The zero-order valence-electron chi connectivity index (χ0n) is 60.8. The summed E-state index contributed by atoms with van der Waals surface area (Å²) in [5, 5.41) is 10.6. The first kappa shape index (κ1) is 92.5. The summed E-state index contributed by atoms with van der Waals surface area (Å²) in [6.45, 7) is 4.73. The molecule has 0 aromatic carbocycles. The number of unbranched alkanes of at least 4 members (excludes halogenated alkanes) is 34. The predicted octanol–water partition coefficient (Wildman–Crippen LogP) is 21.7. The predicted molar refractivity (Wildman–Crippen MR) is 390 cm³/mol. The van der Waals surface area contributed by atoms with Crippen molar-refractivity contribution in [1.82, 2.24) is 0 Å². The molecule has 3 N–H and O–H groups in total. The highest BCUT2D eigenvalue weighted by Crippen LogP contribution is 2.45. The van der Waals surface area contributed by atoms with Gasteiger partial charge in [0.1, 0.15) is 19.3 Å². The maximum Gasteiger partial charge on any atom is 0.472 e. The molecule has 5 unspecified atom stereocenters. The number of carbonyl (C=O) groups excluding carboxylic acids is 4. The van der Waals surface area contributed by atoms with Crippen molar-refractivity contribution in [3.05, 3.63) is 72.9 Å². The summed E-state index contributed by atoms with van der Waals surface area (Å²) in [7, 11) is -9.94. The molecule has 0 spiro atoms. The minimum Gasteiger partial charge on any atom is -0.462 e. The number of phosphoric acid groups is 2. The molecule has 0 fully saturated rings. The molecule has 558 valence electrons. The van der Waals surface area contributed by atoms with Gasteiger partial charge in [0.25, 0.3) is 0 Å². The molecule has 0 aliphatic rings. The quantitative estimate of drug-likeness (QED) is 0.0169. The van der Waals surface area contributed by atoms with Crippen LogP contribution in [0.3, 0.4) is 0 Å². The monoisotopic (exact) mass is 1400 g/mol. The van der Waals surface area contributed by atoms with Crippen molar-refractivity contribution in [3.8, 4) is 0 Å². The molecule has 0 aliphatic carbocycles. The van der Waals surface area contributed by atoms with Gasteiger partial charge in [-0.05, 0) is 96.3 Å². The van der Waals surface area contributed by atoms with E-state index in [9.17, 15) is 43.2 Å². The Morgan fingerprint density at radius 2 is 0.542 bits per heavy atom. The number of aliphatic hydroxyl groups is 1. The second-order valence-corrected chi connectivity index (χ2v) is 28.5. The van der Waals surface area contributed by atoms with Gasteiger partial charge in [-0.2, -0.15) is 0 Å². The molecule has 0 aromatic rings. The summed E-state index contributed by atoms with van der Waals surface area (Å²) in [6.07, 6.45) is 69.0. The Labute approximate surface area is 583 Å². The van der Waals surface area contributed by atoms with Crippen LogP contribution in [0.4, 0.5) is 0 Å². The fourth-order valence-corrected chi connectivity index (χ4v) is 11.9. The third-order valence-electron chi connectivity index (χ3n) is 16.2. The molecule has 0 aromatic heterocycles. The van der Waals surface area contributed by atoms with Crippen molar-refractivity contribution < 1.29 is 80.2 Å². The number of phosphoric ester groups is 2. The van der Waals surface area contributed by atoms with Crippen molar-refractivity contribution >= 4 is 39.5 Å². The molecule has 0 amide bonds. The molecule has 19 heteroatoms. The van der Waals surface area contributed by atoms with E-state index in [1.54, 1.807) is 0 Å². The van der Waals surface area contributed by atoms with Gasteiger partial charge in [-0.1, -0.05) is 287 Å². The molecule has 0 heterocycles. The van der Waals surface area contributed by atoms with E-state index in [2.05, 4.69) is 101 Å². The third kappa shape index (κ3) is 69.0. The van der Waals surface area contributed by atoms with Crippen molar-refractivity contribution in [2.24, 2.45) is 0 Å². The Morgan fingerprint density at radius 1 is 0.302 bits per heavy atom. The van der Waals surface area contributed by atoms with Gasteiger partial charge in [0.2, 0.25) is 0 Å². The summed E-state index contributed by atoms with van der Waals surface area (Å²) < 4.78 is 68.4. The van der Waals surface area contributed by atoms with Crippen molar-refractivity contribution in [3.63, 3.8) is 0 Å². The number of esters is 4. The number of aliphatic hydroxyl groups excluding tert-OH is 1. The molecule has 0 bridgehead atoms. The van der Waals surface area contributed by atoms with E-state index >= 15 is 0 Å². The number of rotatable bonds is 72. The van der Waals surface area contributed by atoms with Crippen LogP contribution >= 0.6 is 15.6 Å². The Balaban J connectivity index is 5.33. The van der Waals surface area contributed by atoms with Gasteiger partial charge >= 0.3 is 39.5 Å². The summed E-state index contributed by atoms with van der Waals surface area (Å²) >= 11 is 0. The topological polar surface area (TPSA) is 237 Å². The van der Waals surface area contributed by atoms with Gasteiger partial charge < -0.3 is 33.8 Å². The van der Waals surface area contributed by atoms with Gasteiger partial charge in [0, 0.05) is 25.7 Å². The lowest BCUT2D eigenvalue weighted by Crippen LogP contribution is -2.30. The summed E-state index contributed by atoms with van der Waals surface area (Å²) in [6, 6.07) is 0. The maximum atomic E-state index is 13.1. The average molecular weight is 1400 g/mol. The molecule has 0 saturated heterocycles. The zero-order valence-corrected chi connectivity index (χ0v) is 62.6. The van der Waals surface area contributed by atoms with Crippen LogP contribution in [0.15, 0.2) is 72.9 Å². The van der Waals surface area contributed by atoms with Gasteiger partial charge in [0.05, 0.1) is 26.4 Å². The fraction of sp³-hybridized carbons (Fsp3) is 0.792. The van der Waals surface area contributed by atoms with Crippen LogP contribution in [0.5, 0.6) is 0 Å². The maximum absolute atomic E-state index is 13.1. The second kappa shape index (κ2) is 70.0. The highest BCUT2D eigenvalue weighted by atomic mass is 31.2. The smallest absolute Gasteiger partial charge is 0.462 e. The Morgan fingerprint density at radius 3 is 0.854 bits per heavy atom. The van der Waals surface area contributed by atoms with Crippen LogP contribution in [0.2, 0.25) is 0 Å². The van der Waals surface area contributed by atoms with Gasteiger partial charge in [-0.25, -0.2) is 9.13 Å². The zero-order chi connectivity index (χ0) is 70.4. The lowest BCUT2D eigenvalue weighted by atomic mass is 10.1. The van der Waals surface area contributed by atoms with E-state index in [4.69, 9.17) is 37.0 Å². The summed E-state index contributed by atoms with van der Waals surface area (Å²) in [4.78, 5) is 72.7. The Kier molecular flexibility index (Phi) is 67.4. The second-order valence-electron chi connectivity index (χ2n) is 25.6. The van der Waals surface area contributed by atoms with E-state index in [1.165, 1.54) is 122 Å². The van der Waals surface area contributed by atoms with Crippen LogP contribution in [0.1, 0.15) is 336 Å². The van der Waals surface area contributed by atoms with Gasteiger partial charge in [-0.3, -0.25) is 37.3 Å². The molecule has 5 atom stereocenters. The lowest BCUT2D eigenvalue weighted by Gasteiger charge is -2.21. The summed E-state index contributed by atoms with van der Waals surface area (Å²) in [5.74, 6) is -2.19. The largest absolute Gasteiger partial charge is 0.472 e. The average Bonchev–Trinajstić information content (AvgIpc) is 1.41. The highest BCUT2D eigenvalue weighted by molar-refractivity contribution is 7.47. The van der Waals surface area contributed by atoms with Crippen LogP contribution in [0, 0.1) is 0 Å². The van der Waals surface area contributed by atoms with Crippen molar-refractivity contribution in [1.29, 1.82) is 0 Å². The normalized spacial score (nSPS) is 14.4. The molecular weight excluding hydrogens is 1260 g/mol. The first-order valence-electron chi connectivity index (χ1n) is 38.2. The molecule has 0 rings (SSSR count). The number of carbonyl (C=O) groups is 4. The van der Waals surface area contributed by atoms with Crippen molar-refractivity contribution in [2.45, 2.75) is 354 Å². The summed E-state index contributed by atoms with van der Waals surface area (Å²) in [5.41, 5.74) is 0. The number of allylic oxidation sites excluding steroid dienone is 12. The van der Waals surface area contributed by atoms with Gasteiger partial charge in [0.15, 0.2) is 12.2 Å². The number of hydrogen-bond acceptors (Lipinski definition) is 15. The molecule has 17 nitrogen and oxygen atoms in total. The first-order valence-corrected chi connectivity index (χ1v) is 41.2. The minimum absolute atomic E-state index is 0.0800. The van der Waals surface area contributed by atoms with E-state index in [0.29, 0.717) is 25.7 Å². The van der Waals surface area contributed by atoms with E-state index < -0.39 is 97.5 Å². The molecule has 0 saturated carbocycles. The first-order chi connectivity index (χ1) is 46.7. The molecular formula is C77H138O17P2. The van der Waals surface area contributed by atoms with E-state index in [0.717, 1.165) is 135 Å². The number of hydrogen-bond donors (Lipinski definition) is 3. The van der Waals surface area contributed by atoms with Crippen molar-refractivity contribution in [2.75, 3.05) is 39.6 Å². The van der Waals surface area contributed by atoms with Crippen LogP contribution in [-0.4, -0.2) is 96.7 Å². The van der Waals surface area contributed by atoms with E-state index in [1.807, 2.05) is 0 Å². The fourth-order valence-electron chi connectivity index (χ4n) is 10.4. The van der Waals surface area contributed by atoms with Crippen LogP contribution in [-0.2, 0) is 65.4 Å². The SMILES string of the molecule is CC/C=C\C/C=C\C/C=C\C/C=C\C/C=C\CCCCCC(=O)OCC(COP(=O)(O)OCC(O)COP(=O)(O)OCC(COC(=O)CCCCCCCCCCCCC)OC(=O)CCCCCCCCCCCCC)OC(=O)CCCCCCC/C=C\CCCCCCCC. The standard InChI is InChI=1S/C77H138O17P2/c1-5-9-13-17-21-25-29-31-33-34-35-36-38-39-43-46-50-54-58-62-75(80)88-68-73(94-77(82)64-60-56-52-48-44-40-37-32-30-26-22-18-14-10-6-2)70-92-96(85,86)90-66-71(78)65-89-95(83,84)91-69-72(93-76(81)63-59-55-51-47-42-28-24-20-16-12-8-4)67-87-74(79)61-57-53-49-45-41-27-23-19-15-11-7-3/h9,13,21,25,31-33,35-37,39,43,71-73,78H,5-8,10-12,14-20,22-24,26-30,34,38,40-42,44-70H2,1-4H3,(H,83,84)(H,85,86)/b13-9-,25-21-,33-31-,36-35-,37-32-,43-39-. The van der Waals surface area contributed by atoms with Crippen LogP contribution in [0.25, 0.3) is 0 Å².